The Morgan fingerprint density at radius 1 is 1.00 bits per heavy atom. The fourth-order valence-electron chi connectivity index (χ4n) is 9.39. The van der Waals surface area contributed by atoms with E-state index in [2.05, 4.69) is 26.1 Å². The SMILES string of the molecule is CC(=O)N[C@@H](CSC(=O)CC[C@@H](C)[C@H]1CC[C@H]2[C@@H]3[C@@H](O)C[C@@H]4C[C@H](O)CC[C@]4(C)[C@H]3CC[C@]12C)C(=O)O. The van der Waals surface area contributed by atoms with Crippen LogP contribution < -0.4 is 5.32 Å². The molecule has 4 fully saturated rings. The summed E-state index contributed by atoms with van der Waals surface area (Å²) in [5, 5.41) is 33.3. The van der Waals surface area contributed by atoms with Crippen molar-refractivity contribution in [2.24, 2.45) is 46.3 Å². The number of rotatable bonds is 8. The van der Waals surface area contributed by atoms with Crippen LogP contribution in [0.4, 0.5) is 0 Å². The molecule has 0 bridgehead atoms. The van der Waals surface area contributed by atoms with Crippen molar-refractivity contribution in [3.05, 3.63) is 0 Å². The third kappa shape index (κ3) is 5.62. The quantitative estimate of drug-likeness (QED) is 0.365. The number of aliphatic carboxylic acids is 1. The normalized spacial score (nSPS) is 42.6. The van der Waals surface area contributed by atoms with Crippen LogP contribution in [0.3, 0.4) is 0 Å². The lowest BCUT2D eigenvalue weighted by atomic mass is 9.43. The van der Waals surface area contributed by atoms with Crippen molar-refractivity contribution < 1.29 is 29.7 Å². The van der Waals surface area contributed by atoms with Crippen molar-refractivity contribution >= 4 is 28.8 Å². The van der Waals surface area contributed by atoms with Crippen LogP contribution in [-0.4, -0.2) is 56.3 Å². The number of hydrogen-bond donors (Lipinski definition) is 4. The molecule has 0 aliphatic heterocycles. The van der Waals surface area contributed by atoms with Crippen LogP contribution in [-0.2, 0) is 14.4 Å². The van der Waals surface area contributed by atoms with Gasteiger partial charge >= 0.3 is 5.97 Å². The minimum Gasteiger partial charge on any atom is -0.480 e. The van der Waals surface area contributed by atoms with Crippen LogP contribution >= 0.6 is 11.8 Å². The first-order valence-electron chi connectivity index (χ1n) is 14.4. The third-order valence-corrected chi connectivity index (χ3v) is 12.3. The molecule has 0 aromatic rings. The van der Waals surface area contributed by atoms with Crippen LogP contribution in [0, 0.1) is 46.3 Å². The molecule has 37 heavy (non-hydrogen) atoms. The van der Waals surface area contributed by atoms with E-state index in [0.29, 0.717) is 41.9 Å². The van der Waals surface area contributed by atoms with Gasteiger partial charge < -0.3 is 20.6 Å². The van der Waals surface area contributed by atoms with Crippen molar-refractivity contribution in [2.45, 2.75) is 110 Å². The number of carbonyl (C=O) groups excluding carboxylic acids is 2. The number of carboxylic acid groups (broad SMARTS) is 1. The molecule has 4 aliphatic rings. The number of hydrogen-bond acceptors (Lipinski definition) is 6. The van der Waals surface area contributed by atoms with E-state index in [-0.39, 0.29) is 33.9 Å². The highest BCUT2D eigenvalue weighted by atomic mass is 32.2. The first-order valence-corrected chi connectivity index (χ1v) is 15.4. The first kappa shape index (κ1) is 28.9. The van der Waals surface area contributed by atoms with Crippen LogP contribution in [0.25, 0.3) is 0 Å². The summed E-state index contributed by atoms with van der Waals surface area (Å²) in [6, 6.07) is -1.05. The highest BCUT2D eigenvalue weighted by Gasteiger charge is 2.62. The molecule has 0 aromatic heterocycles. The van der Waals surface area contributed by atoms with Gasteiger partial charge in [0.2, 0.25) is 5.91 Å². The minimum atomic E-state index is -1.13. The molecule has 7 nitrogen and oxygen atoms in total. The highest BCUT2D eigenvalue weighted by molar-refractivity contribution is 8.13. The Morgan fingerprint density at radius 2 is 1.68 bits per heavy atom. The average molecular weight is 538 g/mol. The molecule has 11 atom stereocenters. The molecule has 4 saturated carbocycles. The Bertz CT molecular complexity index is 882. The number of aliphatic hydroxyl groups excluding tert-OH is 2. The van der Waals surface area contributed by atoms with Gasteiger partial charge in [0.05, 0.1) is 12.2 Å². The van der Waals surface area contributed by atoms with Gasteiger partial charge in [-0.25, -0.2) is 4.79 Å². The molecule has 1 amide bonds. The van der Waals surface area contributed by atoms with E-state index in [1.54, 1.807) is 0 Å². The maximum Gasteiger partial charge on any atom is 0.327 e. The summed E-state index contributed by atoms with van der Waals surface area (Å²) < 4.78 is 0. The Labute approximate surface area is 225 Å². The van der Waals surface area contributed by atoms with Crippen molar-refractivity contribution in [2.75, 3.05) is 5.75 Å². The van der Waals surface area contributed by atoms with Gasteiger partial charge in [-0.15, -0.1) is 0 Å². The molecular weight excluding hydrogens is 490 g/mol. The van der Waals surface area contributed by atoms with Gasteiger partial charge in [0.25, 0.3) is 0 Å². The van der Waals surface area contributed by atoms with Crippen molar-refractivity contribution in [1.29, 1.82) is 0 Å². The molecule has 0 saturated heterocycles. The van der Waals surface area contributed by atoms with Crippen molar-refractivity contribution in [3.8, 4) is 0 Å². The van der Waals surface area contributed by atoms with Gasteiger partial charge in [0, 0.05) is 19.1 Å². The van der Waals surface area contributed by atoms with E-state index < -0.39 is 17.9 Å². The van der Waals surface area contributed by atoms with Gasteiger partial charge in [-0.2, -0.15) is 0 Å². The van der Waals surface area contributed by atoms with Crippen LogP contribution in [0.15, 0.2) is 0 Å². The second-order valence-electron chi connectivity index (χ2n) is 13.2. The second-order valence-corrected chi connectivity index (χ2v) is 14.3. The third-order valence-electron chi connectivity index (χ3n) is 11.3. The maximum absolute atomic E-state index is 12.6. The summed E-state index contributed by atoms with van der Waals surface area (Å²) in [6.07, 6.45) is 8.92. The number of amides is 1. The number of thioether (sulfide) groups is 1. The predicted molar refractivity (Wildman–Crippen MR) is 144 cm³/mol. The molecular formula is C29H47NO6S. The predicted octanol–water partition coefficient (Wildman–Crippen LogP) is 4.24. The van der Waals surface area contributed by atoms with Gasteiger partial charge in [-0.1, -0.05) is 32.5 Å². The molecule has 4 rings (SSSR count). The van der Waals surface area contributed by atoms with E-state index >= 15 is 0 Å². The van der Waals surface area contributed by atoms with Crippen molar-refractivity contribution in [3.63, 3.8) is 0 Å². The zero-order chi connectivity index (χ0) is 27.1. The Hall–Kier alpha value is -1.12. The van der Waals surface area contributed by atoms with Crippen LogP contribution in [0.2, 0.25) is 0 Å². The zero-order valence-corrected chi connectivity index (χ0v) is 23.8. The van der Waals surface area contributed by atoms with Crippen LogP contribution in [0.1, 0.15) is 91.9 Å². The lowest BCUT2D eigenvalue weighted by Gasteiger charge is -2.62. The van der Waals surface area contributed by atoms with Gasteiger partial charge in [0.15, 0.2) is 5.12 Å². The number of fused-ring (bicyclic) bond motifs is 5. The Morgan fingerprint density at radius 3 is 2.35 bits per heavy atom. The van der Waals surface area contributed by atoms with Crippen LogP contribution in [0.5, 0.6) is 0 Å². The van der Waals surface area contributed by atoms with Gasteiger partial charge in [-0.3, -0.25) is 9.59 Å². The lowest BCUT2D eigenvalue weighted by Crippen LogP contribution is -2.58. The first-order chi connectivity index (χ1) is 17.4. The monoisotopic (exact) mass is 537 g/mol. The van der Waals surface area contributed by atoms with E-state index in [1.165, 1.54) is 13.3 Å². The molecule has 210 valence electrons. The maximum atomic E-state index is 12.6. The summed E-state index contributed by atoms with van der Waals surface area (Å²) in [5.74, 6) is 1.21. The fourth-order valence-corrected chi connectivity index (χ4v) is 10.2. The largest absolute Gasteiger partial charge is 0.480 e. The summed E-state index contributed by atoms with van der Waals surface area (Å²) in [4.78, 5) is 35.1. The van der Waals surface area contributed by atoms with E-state index in [1.807, 2.05) is 0 Å². The highest BCUT2D eigenvalue weighted by Crippen LogP contribution is 2.68. The Balaban J connectivity index is 1.36. The van der Waals surface area contributed by atoms with Crippen molar-refractivity contribution in [1.82, 2.24) is 5.32 Å². The lowest BCUT2D eigenvalue weighted by molar-refractivity contribution is -0.174. The molecule has 0 aromatic carbocycles. The summed E-state index contributed by atoms with van der Waals surface area (Å²) >= 11 is 1.00. The zero-order valence-electron chi connectivity index (χ0n) is 22.9. The molecule has 0 radical (unpaired) electrons. The standard InChI is InChI=1S/C29H47NO6S/c1-16(5-8-25(34)37-15-23(27(35)36)30-17(2)31)20-6-7-21-26-22(10-12-29(20,21)4)28(3)11-9-19(32)13-18(28)14-24(26)33/h16,18-24,26,32-33H,5-15H2,1-4H3,(H,30,31)(H,35,36)/t16-,18+,19-,20-,21+,22+,23+,24+,26+,28+,29-/m1/s1. The molecule has 4 N–H and O–H groups in total. The smallest absolute Gasteiger partial charge is 0.327 e. The molecule has 0 spiro atoms. The molecule has 0 heterocycles. The number of carbonyl (C=O) groups is 3. The van der Waals surface area contributed by atoms with E-state index in [4.69, 9.17) is 0 Å². The topological polar surface area (TPSA) is 124 Å². The molecule has 8 heteroatoms. The second kappa shape index (κ2) is 11.2. The van der Waals surface area contributed by atoms with E-state index in [9.17, 15) is 29.7 Å². The average Bonchev–Trinajstić information content (AvgIpc) is 3.18. The summed E-state index contributed by atoms with van der Waals surface area (Å²) in [5.41, 5.74) is 0.401. The van der Waals surface area contributed by atoms with Gasteiger partial charge in [-0.05, 0) is 104 Å². The van der Waals surface area contributed by atoms with E-state index in [0.717, 1.165) is 63.1 Å². The number of aliphatic hydroxyl groups is 2. The van der Waals surface area contributed by atoms with Gasteiger partial charge in [0.1, 0.15) is 6.04 Å². The fraction of sp³-hybridized carbons (Fsp3) is 0.897. The summed E-state index contributed by atoms with van der Waals surface area (Å²) in [7, 11) is 0. The number of carboxylic acids is 1. The summed E-state index contributed by atoms with van der Waals surface area (Å²) in [6.45, 7) is 8.42. The number of nitrogens with one attached hydrogen (secondary N) is 1. The Kier molecular flexibility index (Phi) is 8.71. The molecule has 0 unspecified atom stereocenters. The molecule has 4 aliphatic carbocycles. The minimum absolute atomic E-state index is 0.0204.